The molecule has 0 aliphatic heterocycles. The van der Waals surface area contributed by atoms with Gasteiger partial charge in [0, 0.05) is 18.0 Å². The third-order valence-electron chi connectivity index (χ3n) is 4.41. The second-order valence-electron chi connectivity index (χ2n) is 6.01. The van der Waals surface area contributed by atoms with E-state index in [0.717, 1.165) is 17.1 Å². The Hall–Kier alpha value is -2.72. The molecule has 2 aromatic carbocycles. The summed E-state index contributed by atoms with van der Waals surface area (Å²) in [5, 5.41) is 11.0. The van der Waals surface area contributed by atoms with Crippen LogP contribution in [0.5, 0.6) is 0 Å². The summed E-state index contributed by atoms with van der Waals surface area (Å²) < 4.78 is 2.07. The maximum absolute atomic E-state index is 4.28. The molecule has 0 N–H and O–H groups in total. The lowest BCUT2D eigenvalue weighted by Gasteiger charge is -2.10. The molecule has 0 aliphatic rings. The average molecular weight is 351 g/mol. The third-order valence-corrected chi connectivity index (χ3v) is 4.41. The van der Waals surface area contributed by atoms with Gasteiger partial charge < -0.3 is 4.57 Å². The van der Waals surface area contributed by atoms with Gasteiger partial charge in [-0.1, -0.05) is 36.4 Å². The molecular weight excluding hydrogens is 332 g/mol. The molecule has 4 rings (SSSR count). The highest BCUT2D eigenvalue weighted by Crippen LogP contribution is 2.30. The Labute approximate surface area is 153 Å². The second-order valence-corrected chi connectivity index (χ2v) is 6.01. The lowest BCUT2D eigenvalue weighted by Crippen LogP contribution is -2.04. The molecule has 0 bridgehead atoms. The Morgan fingerprint density at radius 3 is 2.56 bits per heavy atom. The van der Waals surface area contributed by atoms with E-state index in [-0.39, 0.29) is 12.4 Å². The number of hydrogen-bond donors (Lipinski definition) is 0. The molecule has 0 fully saturated rings. The fourth-order valence-corrected chi connectivity index (χ4v) is 3.08. The van der Waals surface area contributed by atoms with Crippen molar-refractivity contribution in [1.82, 2.24) is 19.7 Å². The van der Waals surface area contributed by atoms with Gasteiger partial charge in [-0.05, 0) is 41.8 Å². The van der Waals surface area contributed by atoms with Crippen LogP contribution < -0.4 is 0 Å². The maximum Gasteiger partial charge on any atom is 0.105 e. The number of rotatable bonds is 3. The molecule has 126 valence electrons. The minimum atomic E-state index is 0. The Bertz CT molecular complexity index is 1020. The predicted octanol–water partition coefficient (Wildman–Crippen LogP) is 4.58. The van der Waals surface area contributed by atoms with Gasteiger partial charge in [-0.25, -0.2) is 4.98 Å². The van der Waals surface area contributed by atoms with Crippen molar-refractivity contribution in [2.45, 2.75) is 20.4 Å². The quantitative estimate of drug-likeness (QED) is 0.543. The lowest BCUT2D eigenvalue weighted by molar-refractivity contribution is 0.727. The molecule has 0 saturated carbocycles. The summed E-state index contributed by atoms with van der Waals surface area (Å²) in [7, 11) is 0. The molecule has 2 heterocycles. The highest BCUT2D eigenvalue weighted by molar-refractivity contribution is 5.98. The second kappa shape index (κ2) is 7.03. The van der Waals surface area contributed by atoms with E-state index in [9.17, 15) is 0 Å². The van der Waals surface area contributed by atoms with E-state index in [2.05, 4.69) is 69.1 Å². The molecule has 0 saturated heterocycles. The zero-order valence-electron chi connectivity index (χ0n) is 14.2. The molecule has 5 heteroatoms. The zero-order valence-corrected chi connectivity index (χ0v) is 15.0. The first kappa shape index (κ1) is 17.1. The molecule has 0 spiro atoms. The first-order valence-corrected chi connectivity index (χ1v) is 8.00. The molecule has 25 heavy (non-hydrogen) atoms. The van der Waals surface area contributed by atoms with Crippen molar-refractivity contribution in [3.05, 3.63) is 78.1 Å². The van der Waals surface area contributed by atoms with Crippen LogP contribution in [0, 0.1) is 13.8 Å². The van der Waals surface area contributed by atoms with E-state index < -0.39 is 0 Å². The number of nitrogens with zero attached hydrogens (tertiary/aromatic N) is 4. The van der Waals surface area contributed by atoms with Crippen LogP contribution in [-0.2, 0) is 6.54 Å². The number of halogens is 1. The minimum Gasteiger partial charge on any atom is -0.329 e. The fourth-order valence-electron chi connectivity index (χ4n) is 3.08. The van der Waals surface area contributed by atoms with E-state index in [1.54, 1.807) is 6.20 Å². The van der Waals surface area contributed by atoms with Gasteiger partial charge in [0.2, 0.25) is 0 Å². The summed E-state index contributed by atoms with van der Waals surface area (Å²) in [4.78, 5) is 4.26. The summed E-state index contributed by atoms with van der Waals surface area (Å²) >= 11 is 0. The van der Waals surface area contributed by atoms with Gasteiger partial charge in [0.25, 0.3) is 0 Å². The summed E-state index contributed by atoms with van der Waals surface area (Å²) in [6.45, 7) is 4.81. The van der Waals surface area contributed by atoms with Crippen molar-refractivity contribution in [3.8, 4) is 11.1 Å². The summed E-state index contributed by atoms with van der Waals surface area (Å²) in [5.74, 6) is 0.975. The molecule has 4 aromatic rings. The van der Waals surface area contributed by atoms with E-state index in [0.29, 0.717) is 6.54 Å². The topological polar surface area (TPSA) is 43.6 Å². The normalized spacial score (nSPS) is 10.6. The van der Waals surface area contributed by atoms with Crippen molar-refractivity contribution >= 4 is 23.2 Å². The van der Waals surface area contributed by atoms with Gasteiger partial charge in [0.15, 0.2) is 0 Å². The van der Waals surface area contributed by atoms with Crippen LogP contribution in [0.25, 0.3) is 21.9 Å². The monoisotopic (exact) mass is 350 g/mol. The first-order chi connectivity index (χ1) is 11.7. The van der Waals surface area contributed by atoms with Crippen LogP contribution in [0.4, 0.5) is 0 Å². The van der Waals surface area contributed by atoms with Gasteiger partial charge in [-0.2, -0.15) is 10.2 Å². The van der Waals surface area contributed by atoms with Gasteiger partial charge >= 0.3 is 0 Å². The fraction of sp³-hybridized carbons (Fsp3) is 0.150. The zero-order chi connectivity index (χ0) is 16.5. The molecular formula is C20H19ClN4. The molecule has 0 aliphatic carbocycles. The summed E-state index contributed by atoms with van der Waals surface area (Å²) in [6, 6.07) is 14.9. The minimum absolute atomic E-state index is 0. The lowest BCUT2D eigenvalue weighted by atomic mass is 9.96. The SMILES string of the molecule is Cc1ccc(-c2cnnc(Cn3ccnc3C)c2)c2ccccc12.Cl. The van der Waals surface area contributed by atoms with E-state index >= 15 is 0 Å². The predicted molar refractivity (Wildman–Crippen MR) is 103 cm³/mol. The number of imidazole rings is 1. The summed E-state index contributed by atoms with van der Waals surface area (Å²) in [6.07, 6.45) is 5.60. The van der Waals surface area contributed by atoms with Crippen molar-refractivity contribution < 1.29 is 0 Å². The van der Waals surface area contributed by atoms with Crippen LogP contribution in [-0.4, -0.2) is 19.7 Å². The standard InChI is InChI=1S/C20H18N4.ClH/c1-14-7-8-19(20-6-4-3-5-18(14)20)16-11-17(23-22-12-16)13-24-10-9-21-15(24)2;/h3-12H,13H2,1-2H3;1H. The number of benzene rings is 2. The van der Waals surface area contributed by atoms with Gasteiger partial charge in [0.05, 0.1) is 18.4 Å². The maximum atomic E-state index is 4.28. The van der Waals surface area contributed by atoms with Crippen molar-refractivity contribution in [1.29, 1.82) is 0 Å². The third kappa shape index (κ3) is 3.26. The molecule has 0 amide bonds. The largest absolute Gasteiger partial charge is 0.329 e. The van der Waals surface area contributed by atoms with E-state index in [1.807, 2.05) is 19.3 Å². The van der Waals surface area contributed by atoms with Gasteiger partial charge in [0.1, 0.15) is 5.82 Å². The van der Waals surface area contributed by atoms with Crippen LogP contribution in [0.1, 0.15) is 17.1 Å². The Morgan fingerprint density at radius 2 is 1.80 bits per heavy atom. The van der Waals surface area contributed by atoms with Crippen molar-refractivity contribution in [2.24, 2.45) is 0 Å². The Morgan fingerprint density at radius 1 is 1.00 bits per heavy atom. The number of aryl methyl sites for hydroxylation is 2. The molecule has 2 aromatic heterocycles. The molecule has 0 radical (unpaired) electrons. The van der Waals surface area contributed by atoms with E-state index in [1.165, 1.54) is 21.9 Å². The first-order valence-electron chi connectivity index (χ1n) is 8.00. The van der Waals surface area contributed by atoms with Crippen LogP contribution in [0.15, 0.2) is 61.1 Å². The molecule has 0 atom stereocenters. The average Bonchev–Trinajstić information content (AvgIpc) is 3.01. The van der Waals surface area contributed by atoms with Gasteiger partial charge in [-0.3, -0.25) is 0 Å². The molecule has 0 unspecified atom stereocenters. The van der Waals surface area contributed by atoms with Crippen molar-refractivity contribution in [2.75, 3.05) is 0 Å². The van der Waals surface area contributed by atoms with Crippen LogP contribution >= 0.6 is 12.4 Å². The smallest absolute Gasteiger partial charge is 0.105 e. The molecule has 4 nitrogen and oxygen atoms in total. The van der Waals surface area contributed by atoms with Crippen LogP contribution in [0.3, 0.4) is 0 Å². The summed E-state index contributed by atoms with van der Waals surface area (Å²) in [5.41, 5.74) is 4.49. The Kier molecular flexibility index (Phi) is 4.81. The van der Waals surface area contributed by atoms with E-state index in [4.69, 9.17) is 0 Å². The van der Waals surface area contributed by atoms with Crippen molar-refractivity contribution in [3.63, 3.8) is 0 Å². The van der Waals surface area contributed by atoms with Crippen LogP contribution in [0.2, 0.25) is 0 Å². The Balaban J connectivity index is 0.00000182. The number of aromatic nitrogens is 4. The highest BCUT2D eigenvalue weighted by Gasteiger charge is 2.08. The number of fused-ring (bicyclic) bond motifs is 1. The highest BCUT2D eigenvalue weighted by atomic mass is 35.5. The number of hydrogen-bond acceptors (Lipinski definition) is 3. The van der Waals surface area contributed by atoms with Gasteiger partial charge in [-0.15, -0.1) is 12.4 Å².